The molecule has 1 amide bonds. The Morgan fingerprint density at radius 2 is 1.68 bits per heavy atom. The Kier molecular flexibility index (Phi) is 5.07. The van der Waals surface area contributed by atoms with Crippen molar-refractivity contribution >= 4 is 17.5 Å². The van der Waals surface area contributed by atoms with Crippen molar-refractivity contribution in [1.82, 2.24) is 15.1 Å². The van der Waals surface area contributed by atoms with Gasteiger partial charge in [-0.1, -0.05) is 23.7 Å². The van der Waals surface area contributed by atoms with Crippen molar-refractivity contribution in [1.29, 1.82) is 0 Å². The van der Waals surface area contributed by atoms with Crippen LogP contribution in [0.25, 0.3) is 11.3 Å². The number of amides is 1. The smallest absolute Gasteiger partial charge is 0.347 e. The molecule has 0 spiro atoms. The molecular weight excluding hydrogens is 427 g/mol. The first-order valence-corrected chi connectivity index (χ1v) is 11.3. The fraction of sp³-hybridized carbons (Fsp3) is 0.565. The maximum Gasteiger partial charge on any atom is 0.408 e. The fourth-order valence-corrected chi connectivity index (χ4v) is 6.53. The average Bonchev–Trinajstić information content (AvgIpc) is 2.99. The molecule has 4 nitrogen and oxygen atoms in total. The summed E-state index contributed by atoms with van der Waals surface area (Å²) in [4.78, 5) is 13.2. The molecule has 1 aromatic heterocycles. The molecule has 31 heavy (non-hydrogen) atoms. The number of carbonyl (C=O) groups is 1. The van der Waals surface area contributed by atoms with E-state index in [0.717, 1.165) is 42.2 Å². The van der Waals surface area contributed by atoms with E-state index in [1.54, 1.807) is 31.2 Å². The lowest BCUT2D eigenvalue weighted by Crippen LogP contribution is -2.55. The third-order valence-corrected chi connectivity index (χ3v) is 7.63. The molecule has 4 saturated carbocycles. The Bertz CT molecular complexity index is 971. The van der Waals surface area contributed by atoms with E-state index in [2.05, 4.69) is 10.4 Å². The van der Waals surface area contributed by atoms with E-state index in [4.69, 9.17) is 11.6 Å². The summed E-state index contributed by atoms with van der Waals surface area (Å²) < 4.78 is 40.6. The normalized spacial score (nSPS) is 29.4. The number of hydrogen-bond donors (Lipinski definition) is 1. The Morgan fingerprint density at radius 1 is 1.10 bits per heavy atom. The largest absolute Gasteiger partial charge is 0.408 e. The van der Waals surface area contributed by atoms with E-state index in [1.807, 2.05) is 0 Å². The minimum Gasteiger partial charge on any atom is -0.347 e. The lowest BCUT2D eigenvalue weighted by atomic mass is 9.54. The van der Waals surface area contributed by atoms with Crippen LogP contribution in [0.3, 0.4) is 0 Å². The minimum absolute atomic E-state index is 0.0722. The number of nitrogens with zero attached hydrogens (tertiary/aromatic N) is 2. The van der Waals surface area contributed by atoms with Crippen molar-refractivity contribution in [3.8, 4) is 11.3 Å². The third kappa shape index (κ3) is 3.97. The molecule has 1 heterocycles. The highest BCUT2D eigenvalue weighted by molar-refractivity contribution is 6.30. The van der Waals surface area contributed by atoms with E-state index < -0.39 is 12.7 Å². The second-order valence-corrected chi connectivity index (χ2v) is 9.97. The third-order valence-electron chi connectivity index (χ3n) is 7.38. The number of alkyl halides is 3. The molecule has 4 fully saturated rings. The van der Waals surface area contributed by atoms with E-state index in [1.165, 1.54) is 6.42 Å². The van der Waals surface area contributed by atoms with Gasteiger partial charge in [0, 0.05) is 22.2 Å². The van der Waals surface area contributed by atoms with Gasteiger partial charge in [-0.05, 0) is 74.8 Å². The molecule has 0 saturated heterocycles. The maximum absolute atomic E-state index is 13.2. The van der Waals surface area contributed by atoms with Crippen molar-refractivity contribution in [2.75, 3.05) is 0 Å². The number of rotatable bonds is 4. The van der Waals surface area contributed by atoms with E-state index in [-0.39, 0.29) is 17.6 Å². The lowest BCUT2D eigenvalue weighted by Gasteiger charge is -2.54. The predicted molar refractivity (Wildman–Crippen MR) is 112 cm³/mol. The first kappa shape index (κ1) is 20.9. The summed E-state index contributed by atoms with van der Waals surface area (Å²) in [6.45, 7) is 0.409. The molecule has 0 atom stereocenters. The lowest BCUT2D eigenvalue weighted by molar-refractivity contribution is -0.142. The van der Waals surface area contributed by atoms with Crippen LogP contribution in [0, 0.1) is 30.6 Å². The van der Waals surface area contributed by atoms with Gasteiger partial charge in [0.2, 0.25) is 0 Å². The molecule has 4 bridgehead atoms. The van der Waals surface area contributed by atoms with Crippen LogP contribution < -0.4 is 5.32 Å². The summed E-state index contributed by atoms with van der Waals surface area (Å²) >= 11 is 5.94. The van der Waals surface area contributed by atoms with Crippen LogP contribution in [-0.2, 0) is 6.54 Å². The monoisotopic (exact) mass is 451 g/mol. The van der Waals surface area contributed by atoms with Crippen molar-refractivity contribution in [2.45, 2.75) is 57.8 Å². The molecule has 6 rings (SSSR count). The molecule has 2 aromatic rings. The number of carbonyl (C=O) groups excluding carboxylic acids is 1. The van der Waals surface area contributed by atoms with Gasteiger partial charge in [-0.3, -0.25) is 9.48 Å². The van der Waals surface area contributed by atoms with Crippen LogP contribution in [0.2, 0.25) is 5.02 Å². The standard InChI is InChI=1S/C23H25ClF3N3O/c1-12-19(22(31)28-20-16-7-13-6-14(9-16)10-17(20)8-13)29-30(11-23(25,26)27)21(12)15-2-4-18(24)5-3-15/h2-5,13-14,16-17,20H,6-11H2,1H3,(H,28,31). The van der Waals surface area contributed by atoms with Gasteiger partial charge in [0.25, 0.3) is 5.91 Å². The van der Waals surface area contributed by atoms with Gasteiger partial charge in [0.05, 0.1) is 5.69 Å². The van der Waals surface area contributed by atoms with Crippen LogP contribution in [-0.4, -0.2) is 27.9 Å². The van der Waals surface area contributed by atoms with Crippen LogP contribution >= 0.6 is 11.6 Å². The van der Waals surface area contributed by atoms with E-state index in [0.29, 0.717) is 33.7 Å². The topological polar surface area (TPSA) is 46.9 Å². The highest BCUT2D eigenvalue weighted by Crippen LogP contribution is 2.53. The van der Waals surface area contributed by atoms with Crippen molar-refractivity contribution < 1.29 is 18.0 Å². The summed E-state index contributed by atoms with van der Waals surface area (Å²) in [5.74, 6) is 2.15. The molecular formula is C23H25ClF3N3O. The Balaban J connectivity index is 1.45. The van der Waals surface area contributed by atoms with Crippen LogP contribution in [0.4, 0.5) is 13.2 Å². The Labute approximate surface area is 184 Å². The van der Waals surface area contributed by atoms with Gasteiger partial charge in [-0.25, -0.2) is 0 Å². The van der Waals surface area contributed by atoms with Gasteiger partial charge in [-0.15, -0.1) is 0 Å². The highest BCUT2D eigenvalue weighted by atomic mass is 35.5. The summed E-state index contributed by atoms with van der Waals surface area (Å²) in [5, 5.41) is 7.78. The van der Waals surface area contributed by atoms with Crippen LogP contribution in [0.15, 0.2) is 24.3 Å². The Morgan fingerprint density at radius 3 is 2.23 bits per heavy atom. The SMILES string of the molecule is Cc1c(C(=O)NC2C3CC4CC(C3)CC2C4)nn(CC(F)(F)F)c1-c1ccc(Cl)cc1. The second-order valence-electron chi connectivity index (χ2n) is 9.53. The number of benzene rings is 1. The molecule has 4 aliphatic carbocycles. The molecule has 1 aromatic carbocycles. The number of nitrogens with one attached hydrogen (secondary N) is 1. The molecule has 1 N–H and O–H groups in total. The quantitative estimate of drug-likeness (QED) is 0.655. The van der Waals surface area contributed by atoms with Gasteiger partial charge < -0.3 is 5.32 Å². The summed E-state index contributed by atoms with van der Waals surface area (Å²) in [5.41, 5.74) is 1.37. The molecule has 0 radical (unpaired) electrons. The zero-order chi connectivity index (χ0) is 21.9. The second kappa shape index (κ2) is 7.54. The summed E-state index contributed by atoms with van der Waals surface area (Å²) in [6, 6.07) is 6.65. The maximum atomic E-state index is 13.2. The van der Waals surface area contributed by atoms with Gasteiger partial charge >= 0.3 is 6.18 Å². The van der Waals surface area contributed by atoms with Crippen molar-refractivity contribution in [2.24, 2.45) is 23.7 Å². The van der Waals surface area contributed by atoms with E-state index in [9.17, 15) is 18.0 Å². The summed E-state index contributed by atoms with van der Waals surface area (Å²) in [6.07, 6.45) is 1.46. The molecule has 0 unspecified atom stereocenters. The predicted octanol–water partition coefficient (Wildman–Crippen LogP) is 5.63. The molecule has 166 valence electrons. The van der Waals surface area contributed by atoms with Crippen molar-refractivity contribution in [3.05, 3.63) is 40.5 Å². The number of hydrogen-bond acceptors (Lipinski definition) is 2. The number of halogens is 4. The summed E-state index contributed by atoms with van der Waals surface area (Å²) in [7, 11) is 0. The minimum atomic E-state index is -4.45. The first-order chi connectivity index (χ1) is 14.7. The first-order valence-electron chi connectivity index (χ1n) is 10.9. The number of aromatic nitrogens is 2. The molecule has 0 aliphatic heterocycles. The zero-order valence-electron chi connectivity index (χ0n) is 17.3. The van der Waals surface area contributed by atoms with Gasteiger partial charge in [-0.2, -0.15) is 18.3 Å². The highest BCUT2D eigenvalue weighted by Gasteiger charge is 2.48. The van der Waals surface area contributed by atoms with Crippen molar-refractivity contribution in [3.63, 3.8) is 0 Å². The molecule has 4 aliphatic rings. The zero-order valence-corrected chi connectivity index (χ0v) is 18.0. The van der Waals surface area contributed by atoms with Crippen LogP contribution in [0.5, 0.6) is 0 Å². The van der Waals surface area contributed by atoms with Gasteiger partial charge in [0.1, 0.15) is 6.54 Å². The van der Waals surface area contributed by atoms with E-state index >= 15 is 0 Å². The van der Waals surface area contributed by atoms with Gasteiger partial charge in [0.15, 0.2) is 5.69 Å². The Hall–Kier alpha value is -2.02. The average molecular weight is 452 g/mol. The molecule has 8 heteroatoms. The fourth-order valence-electron chi connectivity index (χ4n) is 6.41. The van der Waals surface area contributed by atoms with Crippen LogP contribution in [0.1, 0.15) is 48.2 Å².